The highest BCUT2D eigenvalue weighted by Crippen LogP contribution is 2.23. The molecule has 240 valence electrons. The maximum Gasteiger partial charge on any atom is 0.257 e. The first-order chi connectivity index (χ1) is 22.2. The Morgan fingerprint density at radius 1 is 1.02 bits per heavy atom. The summed E-state index contributed by atoms with van der Waals surface area (Å²) >= 11 is 0. The zero-order chi connectivity index (χ0) is 32.6. The summed E-state index contributed by atoms with van der Waals surface area (Å²) in [6, 6.07) is 14.8. The lowest BCUT2D eigenvalue weighted by atomic mass is 10.1. The summed E-state index contributed by atoms with van der Waals surface area (Å²) in [5, 5.41) is 15.7. The van der Waals surface area contributed by atoms with Crippen molar-refractivity contribution in [3.05, 3.63) is 65.4 Å². The number of carbonyl (C=O) groups is 4. The van der Waals surface area contributed by atoms with E-state index in [1.54, 1.807) is 47.2 Å². The first-order valence-electron chi connectivity index (χ1n) is 15.7. The van der Waals surface area contributed by atoms with Gasteiger partial charge in [0.05, 0.1) is 19.0 Å². The molecular formula is C34H39N7O5. The van der Waals surface area contributed by atoms with E-state index in [-0.39, 0.29) is 42.2 Å². The summed E-state index contributed by atoms with van der Waals surface area (Å²) in [5.74, 6) is -0.180. The van der Waals surface area contributed by atoms with Crippen LogP contribution in [-0.2, 0) is 9.59 Å². The number of likely N-dealkylation sites (tertiary alicyclic amines) is 2. The molecule has 2 fully saturated rings. The predicted octanol–water partition coefficient (Wildman–Crippen LogP) is 3.93. The average molecular weight is 626 g/mol. The molecule has 2 N–H and O–H groups in total. The zero-order valence-electron chi connectivity index (χ0n) is 26.3. The maximum atomic E-state index is 13.7. The Bertz CT molecular complexity index is 1670. The van der Waals surface area contributed by atoms with E-state index in [9.17, 15) is 19.2 Å². The quantitative estimate of drug-likeness (QED) is 0.284. The lowest BCUT2D eigenvalue weighted by molar-refractivity contribution is -0.140. The van der Waals surface area contributed by atoms with E-state index in [0.29, 0.717) is 30.8 Å². The standard InChI is InChI=1S/C34H39N7O5/c1-23-20-26-21-27(13-14-29(26)46-23)36-34(38-31(43)24-9-11-25(12-10-24)32(44)39(2)16-7-15-35)37-28-8-3-4-19-41(33(28)45)22-30(42)40-17-5-6-18-40/h9-14,20-21,28H,3-8,16-19,22H2,1-2H3,(H2,36,37,38,43)/t28-/m0/s1. The van der Waals surface area contributed by atoms with Crippen LogP contribution in [0.25, 0.3) is 11.0 Å². The number of carbonyl (C=O) groups excluding carboxylic acids is 4. The Kier molecular flexibility index (Phi) is 10.3. The molecule has 12 nitrogen and oxygen atoms in total. The minimum Gasteiger partial charge on any atom is -0.461 e. The first-order valence-corrected chi connectivity index (χ1v) is 15.7. The van der Waals surface area contributed by atoms with E-state index in [4.69, 9.17) is 14.7 Å². The molecule has 0 saturated carbocycles. The number of amides is 4. The van der Waals surface area contributed by atoms with Gasteiger partial charge in [-0.15, -0.1) is 0 Å². The molecule has 4 amide bonds. The summed E-state index contributed by atoms with van der Waals surface area (Å²) in [6.45, 7) is 4.10. The van der Waals surface area contributed by atoms with E-state index in [1.165, 1.54) is 4.90 Å². The van der Waals surface area contributed by atoms with E-state index in [0.717, 1.165) is 55.5 Å². The van der Waals surface area contributed by atoms with Crippen molar-refractivity contribution in [2.75, 3.05) is 45.1 Å². The van der Waals surface area contributed by atoms with Gasteiger partial charge in [0.2, 0.25) is 17.8 Å². The number of rotatable bonds is 8. The van der Waals surface area contributed by atoms with Crippen LogP contribution in [0.4, 0.5) is 5.69 Å². The molecule has 2 saturated heterocycles. The number of fused-ring (bicyclic) bond motifs is 1. The van der Waals surface area contributed by atoms with Crippen LogP contribution < -0.4 is 10.6 Å². The number of furan rings is 1. The van der Waals surface area contributed by atoms with Gasteiger partial charge in [-0.25, -0.2) is 4.99 Å². The van der Waals surface area contributed by atoms with E-state index in [2.05, 4.69) is 10.6 Å². The second-order valence-corrected chi connectivity index (χ2v) is 11.7. The summed E-state index contributed by atoms with van der Waals surface area (Å²) in [4.78, 5) is 62.3. The van der Waals surface area contributed by atoms with Crippen molar-refractivity contribution in [3.63, 3.8) is 0 Å². The predicted molar refractivity (Wildman–Crippen MR) is 173 cm³/mol. The van der Waals surface area contributed by atoms with E-state index < -0.39 is 11.9 Å². The Labute approximate surface area is 268 Å². The average Bonchev–Trinajstić information content (AvgIpc) is 3.69. The number of anilines is 1. The van der Waals surface area contributed by atoms with Crippen LogP contribution in [-0.4, -0.2) is 90.1 Å². The number of hydrogen-bond acceptors (Lipinski definition) is 7. The zero-order valence-corrected chi connectivity index (χ0v) is 26.3. The van der Waals surface area contributed by atoms with Gasteiger partial charge in [0, 0.05) is 55.4 Å². The van der Waals surface area contributed by atoms with Gasteiger partial charge in [-0.1, -0.05) is 0 Å². The van der Waals surface area contributed by atoms with Gasteiger partial charge in [-0.2, -0.15) is 5.26 Å². The minimum atomic E-state index is -0.791. The summed E-state index contributed by atoms with van der Waals surface area (Å²) in [7, 11) is 1.62. The lowest BCUT2D eigenvalue weighted by Crippen LogP contribution is -2.45. The molecule has 3 aromatic rings. The number of aryl methyl sites for hydroxylation is 1. The monoisotopic (exact) mass is 625 g/mol. The third-order valence-corrected chi connectivity index (χ3v) is 8.26. The summed E-state index contributed by atoms with van der Waals surface area (Å²) < 4.78 is 5.69. The fourth-order valence-electron chi connectivity index (χ4n) is 5.72. The van der Waals surface area contributed by atoms with Crippen LogP contribution in [0.15, 0.2) is 57.9 Å². The highest BCUT2D eigenvalue weighted by Gasteiger charge is 2.30. The van der Waals surface area contributed by atoms with Crippen molar-refractivity contribution in [2.45, 2.75) is 51.5 Å². The second-order valence-electron chi connectivity index (χ2n) is 11.7. The van der Waals surface area contributed by atoms with Gasteiger partial charge < -0.3 is 24.4 Å². The molecule has 12 heteroatoms. The lowest BCUT2D eigenvalue weighted by Gasteiger charge is -2.25. The number of benzene rings is 2. The molecule has 0 unspecified atom stereocenters. The van der Waals surface area contributed by atoms with E-state index >= 15 is 0 Å². The third-order valence-electron chi connectivity index (χ3n) is 8.26. The number of nitriles is 1. The van der Waals surface area contributed by atoms with Gasteiger partial charge >= 0.3 is 0 Å². The number of hydrogen-bond donors (Lipinski definition) is 2. The first kappa shape index (κ1) is 32.2. The molecule has 0 bridgehead atoms. The van der Waals surface area contributed by atoms with Crippen molar-refractivity contribution in [1.29, 1.82) is 5.26 Å². The fraction of sp³-hybridized carbons (Fsp3) is 0.412. The van der Waals surface area contributed by atoms with Crippen LogP contribution in [0, 0.1) is 18.3 Å². The van der Waals surface area contributed by atoms with Gasteiger partial charge in [0.15, 0.2) is 0 Å². The molecule has 46 heavy (non-hydrogen) atoms. The number of nitrogens with zero attached hydrogens (tertiary/aromatic N) is 5. The topological polar surface area (TPSA) is 151 Å². The molecule has 1 atom stereocenters. The van der Waals surface area contributed by atoms with Crippen molar-refractivity contribution in [1.82, 2.24) is 20.0 Å². The number of aliphatic imine (C=N–C) groups is 1. The highest BCUT2D eigenvalue weighted by atomic mass is 16.3. The van der Waals surface area contributed by atoms with Gasteiger partial charge in [-0.05, 0) is 87.6 Å². The second kappa shape index (κ2) is 14.7. The summed E-state index contributed by atoms with van der Waals surface area (Å²) in [6.07, 6.45) is 4.15. The SMILES string of the molecule is Cc1cc2cc(NC(=N[C@H]3CCCCN(CC(=O)N4CCCC4)C3=O)NC(=O)c3ccc(C(=O)N(C)CCC#N)cc3)ccc2o1. The Morgan fingerprint density at radius 3 is 2.48 bits per heavy atom. The molecule has 0 spiro atoms. The molecule has 2 aromatic carbocycles. The Morgan fingerprint density at radius 2 is 1.74 bits per heavy atom. The fourth-order valence-corrected chi connectivity index (χ4v) is 5.72. The van der Waals surface area contributed by atoms with Gasteiger partial charge in [-0.3, -0.25) is 24.5 Å². The van der Waals surface area contributed by atoms with Crippen LogP contribution >= 0.6 is 0 Å². The van der Waals surface area contributed by atoms with Gasteiger partial charge in [0.25, 0.3) is 11.8 Å². The largest absolute Gasteiger partial charge is 0.461 e. The number of nitrogens with one attached hydrogen (secondary N) is 2. The Balaban J connectivity index is 1.37. The van der Waals surface area contributed by atoms with Crippen molar-refractivity contribution in [3.8, 4) is 6.07 Å². The highest BCUT2D eigenvalue weighted by molar-refractivity contribution is 6.11. The molecule has 5 rings (SSSR count). The van der Waals surface area contributed by atoms with Gasteiger partial charge in [0.1, 0.15) is 17.4 Å². The van der Waals surface area contributed by atoms with Crippen LogP contribution in [0.5, 0.6) is 0 Å². The van der Waals surface area contributed by atoms with E-state index in [1.807, 2.05) is 31.2 Å². The Hall–Kier alpha value is -5.18. The van der Waals surface area contributed by atoms with Crippen molar-refractivity contribution < 1.29 is 23.6 Å². The summed E-state index contributed by atoms with van der Waals surface area (Å²) in [5.41, 5.74) is 2.03. The molecule has 1 aromatic heterocycles. The maximum absolute atomic E-state index is 13.7. The van der Waals surface area contributed by atoms with Crippen LogP contribution in [0.3, 0.4) is 0 Å². The van der Waals surface area contributed by atoms with Crippen molar-refractivity contribution in [2.24, 2.45) is 4.99 Å². The molecule has 2 aliphatic heterocycles. The molecule has 2 aliphatic rings. The smallest absolute Gasteiger partial charge is 0.257 e. The molecular weight excluding hydrogens is 586 g/mol. The molecule has 0 radical (unpaired) electrons. The normalized spacial score (nSPS) is 17.0. The van der Waals surface area contributed by atoms with Crippen molar-refractivity contribution >= 4 is 46.2 Å². The molecule has 0 aliphatic carbocycles. The van der Waals surface area contributed by atoms with Crippen LogP contribution in [0.2, 0.25) is 0 Å². The van der Waals surface area contributed by atoms with Crippen LogP contribution in [0.1, 0.15) is 65.0 Å². The molecule has 3 heterocycles. The number of guanidine groups is 1. The minimum absolute atomic E-state index is 0.0211. The third kappa shape index (κ3) is 7.90.